The molecule has 0 fully saturated rings. The van der Waals surface area contributed by atoms with E-state index < -0.39 is 102 Å². The molecule has 0 bridgehead atoms. The standard InChI is InChI=1S/C26H24Cl2FN5O5S2.C22H17Cl2FN4O3S2.C14H13ClF2N2O4S2.C12H12ClN3O.2CH4/c1-26(2,3)39-25(35)34(23-13-40-14-31-23)41(36,37)22-10-18(28)21(11-19(22)29)38-20-6-5-15(27)9-16(20)17-12-32-33-8-4-7-30-24(17)33;23-13-2-3-19(15(6-13)16-9-28-29-5-1-4-26-22(16)29)32-20-8-18(25)21(7-17(20)24)34(30,31)11-14-10-33-12-27-14;1-14(2,3)23-13(20)19(12-6-24-7-18-12)25(21,22)11-4-8(15)9(16)5-10(11)17;13-8-2-3-11(17)9(6-8)10-7-15-16-5-1-4-14-12(10)16;;/h5-6,9-14,30H,4,7-8H2,1-3H3;2-3,6-10,12,26H,1,4-5,11H2;4-7H,1-3H3;2-3,6-7,14,17H,1,4-5H2;2*1H4. The van der Waals surface area contributed by atoms with Crippen LogP contribution >= 0.6 is 104 Å². The van der Waals surface area contributed by atoms with Crippen LogP contribution in [0.2, 0.25) is 30.1 Å². The Morgan fingerprint density at radius 2 is 0.840 bits per heavy atom. The minimum absolute atomic E-state index is 0. The van der Waals surface area contributed by atoms with E-state index >= 15 is 4.39 Å². The monoisotopic (exact) mass is 1870 g/mol. The molecule has 632 valence electrons. The van der Waals surface area contributed by atoms with Crippen molar-refractivity contribution in [3.8, 4) is 62.1 Å². The Bertz CT molecular complexity index is 6060. The number of sulfone groups is 1. The highest BCUT2D eigenvalue weighted by Gasteiger charge is 2.41. The van der Waals surface area contributed by atoms with Crippen LogP contribution < -0.4 is 34.0 Å². The fraction of sp³-hybridized carbons (Fsp3) is 0.263. The predicted octanol–water partition coefficient (Wildman–Crippen LogP) is 21.4. The SMILES string of the molecule is C.C.CC(C)(C)OC(=O)N(c1cscn1)S(=O)(=O)c1cc(Cl)c(F)cc1F.CC(C)(C)OC(=O)N(c1cscn1)S(=O)(=O)c1cc(Cl)c(Oc2ccc(Cl)cc2-c2cnn3c2NCCC3)cc1F.O=S(=O)(Cc1cscn1)c1cc(Cl)c(Oc2ccc(Cl)cc2-c2cnn3c2NCCC3)cc1F.Oc1ccc(Cl)cc1-c1cnn2c1NCCC2. The van der Waals surface area contributed by atoms with E-state index in [1.807, 2.05) is 14.0 Å². The molecule has 4 N–H and O–H groups in total. The van der Waals surface area contributed by atoms with Gasteiger partial charge in [-0.05, 0) is 134 Å². The first kappa shape index (κ1) is 91.8. The van der Waals surface area contributed by atoms with E-state index in [4.69, 9.17) is 88.6 Å². The van der Waals surface area contributed by atoms with Gasteiger partial charge in [-0.1, -0.05) is 84.5 Å². The molecule has 0 saturated heterocycles. The molecule has 9 heterocycles. The Balaban J connectivity index is 0.000000173. The van der Waals surface area contributed by atoms with E-state index in [9.17, 15) is 53.1 Å². The second-order valence-corrected chi connectivity index (χ2v) is 37.6. The van der Waals surface area contributed by atoms with Crippen LogP contribution in [0.1, 0.15) is 81.4 Å². The van der Waals surface area contributed by atoms with Crippen LogP contribution in [-0.2, 0) is 64.7 Å². The van der Waals surface area contributed by atoms with Crippen molar-refractivity contribution in [3.05, 3.63) is 201 Å². The predicted molar refractivity (Wildman–Crippen MR) is 456 cm³/mol. The zero-order chi connectivity index (χ0) is 84.2. The molecule has 0 unspecified atom stereocenters. The molecule has 6 aromatic carbocycles. The molecule has 27 nitrogen and oxygen atoms in total. The van der Waals surface area contributed by atoms with Crippen LogP contribution in [-0.4, -0.2) is 118 Å². The Morgan fingerprint density at radius 3 is 1.24 bits per heavy atom. The molecule has 43 heteroatoms. The topological polar surface area (TPSA) is 328 Å². The smallest absolute Gasteiger partial charge is 0.430 e. The highest BCUT2D eigenvalue weighted by atomic mass is 35.5. The van der Waals surface area contributed by atoms with Crippen molar-refractivity contribution in [2.24, 2.45) is 0 Å². The molecule has 119 heavy (non-hydrogen) atoms. The lowest BCUT2D eigenvalue weighted by Crippen LogP contribution is -2.41. The molecule has 0 saturated carbocycles. The maximum atomic E-state index is 15.5. The number of ether oxygens (including phenoxy) is 4. The number of hydrogen-bond acceptors (Lipinski definition) is 25. The van der Waals surface area contributed by atoms with Crippen molar-refractivity contribution in [1.29, 1.82) is 0 Å². The number of phenolic OH excluding ortho intramolecular Hbond substituents is 1. The second kappa shape index (κ2) is 38.1. The van der Waals surface area contributed by atoms with Crippen LogP contribution in [0.25, 0.3) is 33.4 Å². The maximum absolute atomic E-state index is 15.5. The molecule has 6 aromatic heterocycles. The lowest BCUT2D eigenvalue weighted by atomic mass is 10.1. The van der Waals surface area contributed by atoms with Crippen molar-refractivity contribution in [1.82, 2.24) is 44.3 Å². The summed E-state index contributed by atoms with van der Waals surface area (Å²) in [6.45, 7) is 14.3. The number of nitrogens with one attached hydrogen (secondary N) is 3. The summed E-state index contributed by atoms with van der Waals surface area (Å²) in [5.74, 6) is -2.38. The van der Waals surface area contributed by atoms with E-state index in [0.29, 0.717) is 65.2 Å². The van der Waals surface area contributed by atoms with Crippen LogP contribution in [0.15, 0.2) is 157 Å². The van der Waals surface area contributed by atoms with Gasteiger partial charge in [-0.25, -0.2) is 81.4 Å². The average Bonchev–Trinajstić information content (AvgIpc) is 0.963. The first-order valence-electron chi connectivity index (χ1n) is 34.7. The highest BCUT2D eigenvalue weighted by Crippen LogP contribution is 2.46. The number of benzene rings is 6. The van der Waals surface area contributed by atoms with E-state index in [1.165, 1.54) is 59.4 Å². The Kier molecular flexibility index (Phi) is 29.4. The fourth-order valence-corrected chi connectivity index (χ4v) is 18.8. The number of nitrogens with zero attached hydrogens (tertiary/aromatic N) is 11. The van der Waals surface area contributed by atoms with Crippen molar-refractivity contribution in [2.75, 3.05) is 44.2 Å². The molecular formula is C76H74Cl6F4N14O13S6. The lowest BCUT2D eigenvalue weighted by molar-refractivity contribution is 0.0596. The first-order chi connectivity index (χ1) is 55.3. The minimum Gasteiger partial charge on any atom is -0.507 e. The van der Waals surface area contributed by atoms with Gasteiger partial charge in [0.25, 0.3) is 20.0 Å². The fourth-order valence-electron chi connectivity index (χ4n) is 11.6. The minimum atomic E-state index is -4.85. The van der Waals surface area contributed by atoms with Gasteiger partial charge in [-0.3, -0.25) is 0 Å². The third kappa shape index (κ3) is 21.5. The third-order valence-electron chi connectivity index (χ3n) is 16.7. The number of fused-ring (bicyclic) bond motifs is 3. The second-order valence-electron chi connectivity index (χ2n) is 27.4. The van der Waals surface area contributed by atoms with Crippen molar-refractivity contribution < 1.29 is 76.5 Å². The summed E-state index contributed by atoms with van der Waals surface area (Å²) in [5, 5.41) is 37.8. The number of anilines is 5. The molecule has 3 aliphatic rings. The number of aromatic hydroxyl groups is 1. The Morgan fingerprint density at radius 1 is 0.471 bits per heavy atom. The van der Waals surface area contributed by atoms with Gasteiger partial charge in [-0.15, -0.1) is 42.6 Å². The van der Waals surface area contributed by atoms with Crippen LogP contribution in [0.5, 0.6) is 28.7 Å². The number of carbonyl (C=O) groups is 2. The van der Waals surface area contributed by atoms with Gasteiger partial charge >= 0.3 is 12.2 Å². The Labute approximate surface area is 724 Å². The molecule has 0 radical (unpaired) electrons. The number of sulfonamides is 2. The molecule has 0 aliphatic carbocycles. The van der Waals surface area contributed by atoms with Crippen molar-refractivity contribution >= 4 is 175 Å². The zero-order valence-corrected chi connectivity index (χ0v) is 71.4. The van der Waals surface area contributed by atoms with Crippen LogP contribution in [0.3, 0.4) is 0 Å². The number of hydrogen-bond donors (Lipinski definition) is 4. The molecule has 0 spiro atoms. The molecule has 2 amide bonds. The molecule has 15 rings (SSSR count). The third-order valence-corrected chi connectivity index (χ3v) is 25.1. The zero-order valence-electron chi connectivity index (χ0n) is 61.9. The van der Waals surface area contributed by atoms with Gasteiger partial charge in [-0.2, -0.15) is 15.3 Å². The normalized spacial score (nSPS) is 13.0. The summed E-state index contributed by atoms with van der Waals surface area (Å²) in [6.07, 6.45) is 5.57. The lowest BCUT2D eigenvalue weighted by Gasteiger charge is -2.26. The Hall–Kier alpha value is -9.51. The summed E-state index contributed by atoms with van der Waals surface area (Å²) >= 11 is 40.1. The first-order valence-corrected chi connectivity index (χ1v) is 44.4. The van der Waals surface area contributed by atoms with Crippen molar-refractivity contribution in [3.63, 3.8) is 0 Å². The van der Waals surface area contributed by atoms with Crippen LogP contribution in [0, 0.1) is 23.3 Å². The van der Waals surface area contributed by atoms with Crippen molar-refractivity contribution in [2.45, 2.75) is 127 Å². The number of aromatic nitrogens is 9. The number of aryl methyl sites for hydroxylation is 3. The molecule has 0 atom stereocenters. The molecule has 3 aliphatic heterocycles. The van der Waals surface area contributed by atoms with E-state index in [1.54, 1.807) is 99.3 Å². The van der Waals surface area contributed by atoms with Gasteiger partial charge in [0.2, 0.25) is 0 Å². The molecule has 12 aromatic rings. The summed E-state index contributed by atoms with van der Waals surface area (Å²) < 4.78 is 165. The number of halogens is 10. The summed E-state index contributed by atoms with van der Waals surface area (Å²) in [6, 6.07) is 19.6. The van der Waals surface area contributed by atoms with E-state index in [-0.39, 0.29) is 63.8 Å². The highest BCUT2D eigenvalue weighted by molar-refractivity contribution is 7.94. The number of carbonyl (C=O) groups excluding carboxylic acids is 2. The van der Waals surface area contributed by atoms with E-state index in [2.05, 4.69) is 46.2 Å². The van der Waals surface area contributed by atoms with Gasteiger partial charge in [0, 0.05) is 122 Å². The van der Waals surface area contributed by atoms with Gasteiger partial charge in [0.15, 0.2) is 21.5 Å². The van der Waals surface area contributed by atoms with Crippen LogP contribution in [0.4, 0.5) is 56.2 Å². The average molecular weight is 1870 g/mol. The number of phenols is 1. The summed E-state index contributed by atoms with van der Waals surface area (Å²) in [7, 11) is -13.6. The number of thiazole rings is 3. The summed E-state index contributed by atoms with van der Waals surface area (Å²) in [4.78, 5) is 34.6. The van der Waals surface area contributed by atoms with Gasteiger partial charge in [0.1, 0.15) is 95.4 Å². The quantitative estimate of drug-likeness (QED) is 0.0516. The van der Waals surface area contributed by atoms with Gasteiger partial charge < -0.3 is 40.0 Å². The maximum Gasteiger partial charge on any atom is 0.430 e. The largest absolute Gasteiger partial charge is 0.507 e. The number of amides is 2. The molecular weight excluding hydrogens is 1800 g/mol. The summed E-state index contributed by atoms with van der Waals surface area (Å²) in [5.41, 5.74) is 6.74. The number of rotatable bonds is 16. The van der Waals surface area contributed by atoms with E-state index in [0.717, 1.165) is 134 Å². The van der Waals surface area contributed by atoms with Gasteiger partial charge in [0.05, 0.1) is 61.6 Å².